The van der Waals surface area contributed by atoms with Gasteiger partial charge in [0.15, 0.2) is 6.61 Å². The number of carbonyl (C=O) groups excluding carboxylic acids is 1. The summed E-state index contributed by atoms with van der Waals surface area (Å²) in [4.78, 5) is 11.9. The Bertz CT molecular complexity index is 700. The maximum Gasteiger partial charge on any atom is 0.262 e. The van der Waals surface area contributed by atoms with Gasteiger partial charge in [-0.05, 0) is 41.3 Å². The van der Waals surface area contributed by atoms with Gasteiger partial charge in [0.25, 0.3) is 5.91 Å². The van der Waals surface area contributed by atoms with Gasteiger partial charge in [-0.25, -0.2) is 0 Å². The van der Waals surface area contributed by atoms with Crippen LogP contribution in [0.3, 0.4) is 0 Å². The molecular weight excluding hydrogens is 288 g/mol. The quantitative estimate of drug-likeness (QED) is 0.880. The third-order valence-corrected chi connectivity index (χ3v) is 3.42. The van der Waals surface area contributed by atoms with Gasteiger partial charge in [0, 0.05) is 5.69 Å². The van der Waals surface area contributed by atoms with Crippen LogP contribution in [0.5, 0.6) is 5.75 Å². The number of carbonyl (C=O) groups is 1. The standard InChI is InChI=1S/C19H20N2O2/c1-14(2)16-4-3-5-18(12-16)23-13-19(22)21-17-8-6-15(7-9-17)10-11-20/h3-9,12,14H,10,13H2,1-2H3,(H,21,22). The lowest BCUT2D eigenvalue weighted by Crippen LogP contribution is -2.20. The van der Waals surface area contributed by atoms with Crippen molar-refractivity contribution >= 4 is 11.6 Å². The molecule has 0 saturated carbocycles. The van der Waals surface area contributed by atoms with Crippen molar-refractivity contribution in [3.8, 4) is 11.8 Å². The van der Waals surface area contributed by atoms with Crippen molar-refractivity contribution in [2.24, 2.45) is 0 Å². The minimum atomic E-state index is -0.215. The van der Waals surface area contributed by atoms with E-state index in [4.69, 9.17) is 10.00 Å². The summed E-state index contributed by atoms with van der Waals surface area (Å²) < 4.78 is 5.54. The Balaban J connectivity index is 1.87. The number of amides is 1. The van der Waals surface area contributed by atoms with Gasteiger partial charge in [-0.1, -0.05) is 38.1 Å². The molecule has 0 radical (unpaired) electrons. The Kier molecular flexibility index (Phi) is 5.76. The molecule has 2 aromatic carbocycles. The largest absolute Gasteiger partial charge is 0.484 e. The fourth-order valence-electron chi connectivity index (χ4n) is 2.11. The highest BCUT2D eigenvalue weighted by molar-refractivity contribution is 5.91. The van der Waals surface area contributed by atoms with E-state index in [1.807, 2.05) is 36.4 Å². The number of ether oxygens (including phenoxy) is 1. The van der Waals surface area contributed by atoms with Crippen LogP contribution in [0, 0.1) is 11.3 Å². The second-order valence-electron chi connectivity index (χ2n) is 5.60. The fourth-order valence-corrected chi connectivity index (χ4v) is 2.11. The first-order valence-electron chi connectivity index (χ1n) is 7.57. The lowest BCUT2D eigenvalue weighted by atomic mass is 10.0. The summed E-state index contributed by atoms with van der Waals surface area (Å²) in [6.45, 7) is 4.19. The van der Waals surface area contributed by atoms with Crippen LogP contribution in [0.25, 0.3) is 0 Å². The van der Waals surface area contributed by atoms with Crippen molar-refractivity contribution in [2.75, 3.05) is 11.9 Å². The van der Waals surface area contributed by atoms with Gasteiger partial charge in [0.2, 0.25) is 0 Å². The highest BCUT2D eigenvalue weighted by Crippen LogP contribution is 2.20. The molecule has 0 aliphatic rings. The summed E-state index contributed by atoms with van der Waals surface area (Å²) in [6.07, 6.45) is 0.365. The maximum atomic E-state index is 11.9. The number of hydrogen-bond donors (Lipinski definition) is 1. The first-order valence-corrected chi connectivity index (χ1v) is 7.57. The molecule has 23 heavy (non-hydrogen) atoms. The molecule has 4 nitrogen and oxygen atoms in total. The molecule has 0 saturated heterocycles. The molecule has 1 N–H and O–H groups in total. The van der Waals surface area contributed by atoms with Crippen LogP contribution in [0.4, 0.5) is 5.69 Å². The van der Waals surface area contributed by atoms with Crippen LogP contribution in [-0.2, 0) is 11.2 Å². The minimum Gasteiger partial charge on any atom is -0.484 e. The molecule has 4 heteroatoms. The first-order chi connectivity index (χ1) is 11.1. The molecule has 0 spiro atoms. The van der Waals surface area contributed by atoms with Crippen LogP contribution >= 0.6 is 0 Å². The average Bonchev–Trinajstić information content (AvgIpc) is 2.55. The predicted octanol–water partition coefficient (Wildman–Crippen LogP) is 3.89. The Morgan fingerprint density at radius 3 is 2.61 bits per heavy atom. The van der Waals surface area contributed by atoms with Crippen LogP contribution in [0.15, 0.2) is 48.5 Å². The lowest BCUT2D eigenvalue weighted by molar-refractivity contribution is -0.118. The molecule has 0 bridgehead atoms. The summed E-state index contributed by atoms with van der Waals surface area (Å²) in [5, 5.41) is 11.4. The summed E-state index contributed by atoms with van der Waals surface area (Å²) in [5.74, 6) is 0.892. The highest BCUT2D eigenvalue weighted by Gasteiger charge is 2.05. The lowest BCUT2D eigenvalue weighted by Gasteiger charge is -2.10. The number of nitriles is 1. The van der Waals surface area contributed by atoms with Crippen LogP contribution in [-0.4, -0.2) is 12.5 Å². The topological polar surface area (TPSA) is 62.1 Å². The van der Waals surface area contributed by atoms with Gasteiger partial charge >= 0.3 is 0 Å². The number of anilines is 1. The second-order valence-corrected chi connectivity index (χ2v) is 5.60. The molecule has 0 aromatic heterocycles. The molecule has 0 aliphatic carbocycles. The van der Waals surface area contributed by atoms with Gasteiger partial charge < -0.3 is 10.1 Å². The number of nitrogens with one attached hydrogen (secondary N) is 1. The molecule has 0 aliphatic heterocycles. The zero-order chi connectivity index (χ0) is 16.7. The van der Waals surface area contributed by atoms with Crippen molar-refractivity contribution in [1.82, 2.24) is 0 Å². The van der Waals surface area contributed by atoms with Gasteiger partial charge in [-0.2, -0.15) is 5.26 Å². The van der Waals surface area contributed by atoms with Crippen LogP contribution in [0.2, 0.25) is 0 Å². The van der Waals surface area contributed by atoms with E-state index in [0.717, 1.165) is 5.56 Å². The summed E-state index contributed by atoms with van der Waals surface area (Å²) >= 11 is 0. The first kappa shape index (κ1) is 16.6. The fraction of sp³-hybridized carbons (Fsp3) is 0.263. The zero-order valence-corrected chi connectivity index (χ0v) is 13.4. The Labute approximate surface area is 136 Å². The summed E-state index contributed by atoms with van der Waals surface area (Å²) in [7, 11) is 0. The monoisotopic (exact) mass is 308 g/mol. The minimum absolute atomic E-state index is 0.0402. The van der Waals surface area contributed by atoms with Crippen LogP contribution in [0.1, 0.15) is 30.9 Å². The zero-order valence-electron chi connectivity index (χ0n) is 13.4. The summed E-state index contributed by atoms with van der Waals surface area (Å²) in [5.41, 5.74) is 2.79. The highest BCUT2D eigenvalue weighted by atomic mass is 16.5. The van der Waals surface area contributed by atoms with Crippen LogP contribution < -0.4 is 10.1 Å². The van der Waals surface area contributed by atoms with Gasteiger partial charge in [0.1, 0.15) is 5.75 Å². The van der Waals surface area contributed by atoms with Gasteiger partial charge in [-0.15, -0.1) is 0 Å². The average molecular weight is 308 g/mol. The van der Waals surface area contributed by atoms with E-state index in [1.54, 1.807) is 12.1 Å². The summed E-state index contributed by atoms with van der Waals surface area (Å²) in [6, 6.07) is 17.1. The van der Waals surface area contributed by atoms with E-state index < -0.39 is 0 Å². The van der Waals surface area contributed by atoms with E-state index in [-0.39, 0.29) is 12.5 Å². The molecular formula is C19H20N2O2. The molecule has 0 atom stereocenters. The van der Waals surface area contributed by atoms with E-state index in [1.165, 1.54) is 5.56 Å². The normalized spacial score (nSPS) is 10.2. The van der Waals surface area contributed by atoms with Crippen molar-refractivity contribution in [1.29, 1.82) is 5.26 Å². The molecule has 118 valence electrons. The molecule has 1 amide bonds. The Morgan fingerprint density at radius 2 is 1.96 bits per heavy atom. The SMILES string of the molecule is CC(C)c1cccc(OCC(=O)Nc2ccc(CC#N)cc2)c1. The Hall–Kier alpha value is -2.80. The third-order valence-electron chi connectivity index (χ3n) is 3.42. The molecule has 0 unspecified atom stereocenters. The Morgan fingerprint density at radius 1 is 1.22 bits per heavy atom. The van der Waals surface area contributed by atoms with E-state index >= 15 is 0 Å². The third kappa shape index (κ3) is 5.15. The smallest absolute Gasteiger partial charge is 0.262 e. The van der Waals surface area contributed by atoms with E-state index in [9.17, 15) is 4.79 Å². The van der Waals surface area contributed by atoms with E-state index in [0.29, 0.717) is 23.8 Å². The van der Waals surface area contributed by atoms with Gasteiger partial charge in [0.05, 0.1) is 12.5 Å². The molecule has 2 aromatic rings. The predicted molar refractivity (Wildman–Crippen MR) is 90.4 cm³/mol. The van der Waals surface area contributed by atoms with Gasteiger partial charge in [-0.3, -0.25) is 4.79 Å². The number of hydrogen-bond acceptors (Lipinski definition) is 3. The number of nitrogens with zero attached hydrogens (tertiary/aromatic N) is 1. The second kappa shape index (κ2) is 8.00. The molecule has 0 heterocycles. The van der Waals surface area contributed by atoms with Crippen molar-refractivity contribution in [2.45, 2.75) is 26.2 Å². The number of benzene rings is 2. The maximum absolute atomic E-state index is 11.9. The van der Waals surface area contributed by atoms with Crippen molar-refractivity contribution in [3.05, 3.63) is 59.7 Å². The van der Waals surface area contributed by atoms with Crippen molar-refractivity contribution in [3.63, 3.8) is 0 Å². The number of rotatable bonds is 6. The molecule has 0 fully saturated rings. The van der Waals surface area contributed by atoms with E-state index in [2.05, 4.69) is 25.2 Å². The molecule has 2 rings (SSSR count). The van der Waals surface area contributed by atoms with Crippen molar-refractivity contribution < 1.29 is 9.53 Å².